The van der Waals surface area contributed by atoms with Crippen LogP contribution in [-0.4, -0.2) is 28.8 Å². The van der Waals surface area contributed by atoms with Gasteiger partial charge in [0.25, 0.3) is 0 Å². The molecule has 0 atom stereocenters. The number of pyridine rings is 1. The Morgan fingerprint density at radius 1 is 1.07 bits per heavy atom. The smallest absolute Gasteiger partial charge is 0.161 e. The van der Waals surface area contributed by atoms with Gasteiger partial charge in [-0.15, -0.1) is 24.8 Å². The zero-order valence-electron chi connectivity index (χ0n) is 15.7. The second kappa shape index (κ2) is 12.3. The molecule has 0 unspecified atom stereocenters. The van der Waals surface area contributed by atoms with Crippen LogP contribution in [0.1, 0.15) is 31.9 Å². The van der Waals surface area contributed by atoms with Gasteiger partial charge < -0.3 is 19.9 Å². The summed E-state index contributed by atoms with van der Waals surface area (Å²) >= 11 is 5.79. The Balaban J connectivity index is 0.00000338. The van der Waals surface area contributed by atoms with Gasteiger partial charge >= 0.3 is 0 Å². The van der Waals surface area contributed by atoms with Crippen molar-refractivity contribution in [3.8, 4) is 11.5 Å². The highest BCUT2D eigenvalue weighted by atomic mass is 35.5. The van der Waals surface area contributed by atoms with Crippen LogP contribution < -0.4 is 14.8 Å². The number of hydrogen-bond acceptors (Lipinski definition) is 5. The van der Waals surface area contributed by atoms with Crippen LogP contribution in [0.2, 0.25) is 5.15 Å². The van der Waals surface area contributed by atoms with Crippen LogP contribution in [0.5, 0.6) is 11.5 Å². The van der Waals surface area contributed by atoms with Crippen molar-refractivity contribution in [1.82, 2.24) is 10.3 Å². The molecule has 5 nitrogen and oxygen atoms in total. The largest absolute Gasteiger partial charge is 0.490 e. The summed E-state index contributed by atoms with van der Waals surface area (Å²) in [6, 6.07) is 9.46. The van der Waals surface area contributed by atoms with Gasteiger partial charge in [-0.3, -0.25) is 0 Å². The highest BCUT2D eigenvalue weighted by Crippen LogP contribution is 2.29. The molecule has 1 aromatic heterocycles. The summed E-state index contributed by atoms with van der Waals surface area (Å²) < 4.78 is 11.6. The van der Waals surface area contributed by atoms with Gasteiger partial charge in [-0.1, -0.05) is 23.7 Å². The van der Waals surface area contributed by atoms with Gasteiger partial charge in [-0.2, -0.15) is 0 Å². The van der Waals surface area contributed by atoms with E-state index < -0.39 is 0 Å². The molecular weight excluding hydrogens is 411 g/mol. The summed E-state index contributed by atoms with van der Waals surface area (Å²) in [6.45, 7) is 7.49. The molecule has 2 rings (SSSR count). The van der Waals surface area contributed by atoms with Gasteiger partial charge in [-0.25, -0.2) is 4.98 Å². The zero-order chi connectivity index (χ0) is 18.3. The summed E-state index contributed by atoms with van der Waals surface area (Å²) in [4.78, 5) is 4.05. The zero-order valence-corrected chi connectivity index (χ0v) is 18.1. The van der Waals surface area contributed by atoms with E-state index in [4.69, 9.17) is 21.1 Å². The molecule has 0 amide bonds. The molecule has 0 fully saturated rings. The first-order valence-electron chi connectivity index (χ1n) is 8.28. The lowest BCUT2D eigenvalue weighted by Gasteiger charge is -2.24. The fraction of sp³-hybridized carbons (Fsp3) is 0.421. The van der Waals surface area contributed by atoms with Crippen molar-refractivity contribution in [2.24, 2.45) is 0 Å². The molecule has 0 radical (unpaired) electrons. The second-order valence-electron chi connectivity index (χ2n) is 6.39. The number of aliphatic hydroxyl groups excluding tert-OH is 1. The Bertz CT molecular complexity index is 682. The summed E-state index contributed by atoms with van der Waals surface area (Å²) in [5.41, 5.74) is 1.66. The first-order chi connectivity index (χ1) is 11.9. The third-order valence-electron chi connectivity index (χ3n) is 3.66. The van der Waals surface area contributed by atoms with E-state index in [9.17, 15) is 5.11 Å². The molecule has 2 N–H and O–H groups in total. The number of benzene rings is 1. The molecule has 8 heteroatoms. The molecule has 1 aromatic carbocycles. The monoisotopic (exact) mass is 436 g/mol. The first kappa shape index (κ1) is 25.8. The van der Waals surface area contributed by atoms with Crippen molar-refractivity contribution >= 4 is 36.4 Å². The van der Waals surface area contributed by atoms with E-state index in [2.05, 4.69) is 10.3 Å². The van der Waals surface area contributed by atoms with E-state index in [0.717, 1.165) is 11.1 Å². The lowest BCUT2D eigenvalue weighted by molar-refractivity contribution is 0.187. The van der Waals surface area contributed by atoms with Crippen LogP contribution >= 0.6 is 36.4 Å². The van der Waals surface area contributed by atoms with Crippen LogP contribution in [-0.2, 0) is 13.2 Å². The number of aromatic nitrogens is 1. The lowest BCUT2D eigenvalue weighted by Crippen LogP contribution is -2.42. The maximum absolute atomic E-state index is 9.33. The molecule has 0 aliphatic rings. The minimum atomic E-state index is -0.331. The standard InChI is InChI=1S/C19H25ClN2O3.2ClH/c1-4-24-17-9-14(11-22-19(2,3)13-23)5-7-16(17)25-12-15-6-8-18(20)21-10-15;;/h5-10,22-23H,4,11-13H2,1-3H3;2*1H. The van der Waals surface area contributed by atoms with Crippen LogP contribution in [0.15, 0.2) is 36.5 Å². The molecule has 0 aliphatic carbocycles. The normalized spacial score (nSPS) is 10.6. The average molecular weight is 438 g/mol. The van der Waals surface area contributed by atoms with Gasteiger partial charge in [0, 0.05) is 23.8 Å². The van der Waals surface area contributed by atoms with Gasteiger partial charge in [0.15, 0.2) is 11.5 Å². The highest BCUT2D eigenvalue weighted by molar-refractivity contribution is 6.29. The van der Waals surface area contributed by atoms with E-state index in [0.29, 0.717) is 36.4 Å². The molecule has 0 spiro atoms. The third kappa shape index (κ3) is 8.54. The number of nitrogens with one attached hydrogen (secondary N) is 1. The summed E-state index contributed by atoms with van der Waals surface area (Å²) in [5.74, 6) is 1.38. The van der Waals surface area contributed by atoms with Crippen molar-refractivity contribution in [2.45, 2.75) is 39.5 Å². The third-order valence-corrected chi connectivity index (χ3v) is 3.88. The first-order valence-corrected chi connectivity index (χ1v) is 8.66. The maximum Gasteiger partial charge on any atom is 0.161 e. The average Bonchev–Trinajstić information content (AvgIpc) is 2.61. The van der Waals surface area contributed by atoms with Gasteiger partial charge in [0.2, 0.25) is 0 Å². The summed E-state index contributed by atoms with van der Waals surface area (Å²) in [5, 5.41) is 13.1. The van der Waals surface area contributed by atoms with E-state index in [1.165, 1.54) is 0 Å². The van der Waals surface area contributed by atoms with Gasteiger partial charge in [0.1, 0.15) is 11.8 Å². The Morgan fingerprint density at radius 3 is 2.37 bits per heavy atom. The molecule has 2 aromatic rings. The Hall–Kier alpha value is -1.24. The lowest BCUT2D eigenvalue weighted by atomic mass is 10.1. The topological polar surface area (TPSA) is 63.6 Å². The fourth-order valence-electron chi connectivity index (χ4n) is 2.10. The molecule has 0 bridgehead atoms. The number of hydrogen-bond donors (Lipinski definition) is 2. The minimum absolute atomic E-state index is 0. The van der Waals surface area contributed by atoms with Crippen LogP contribution in [0.4, 0.5) is 0 Å². The van der Waals surface area contributed by atoms with Crippen molar-refractivity contribution < 1.29 is 14.6 Å². The number of rotatable bonds is 9. The molecule has 0 saturated carbocycles. The highest BCUT2D eigenvalue weighted by Gasteiger charge is 2.15. The fourth-order valence-corrected chi connectivity index (χ4v) is 2.21. The Morgan fingerprint density at radius 2 is 1.78 bits per heavy atom. The minimum Gasteiger partial charge on any atom is -0.490 e. The molecule has 152 valence electrons. The van der Waals surface area contributed by atoms with Crippen LogP contribution in [0.3, 0.4) is 0 Å². The van der Waals surface area contributed by atoms with E-state index in [1.807, 2.05) is 45.0 Å². The molecule has 1 heterocycles. The molecule has 27 heavy (non-hydrogen) atoms. The van der Waals surface area contributed by atoms with Crippen molar-refractivity contribution in [3.05, 3.63) is 52.8 Å². The Labute approximate surface area is 178 Å². The van der Waals surface area contributed by atoms with E-state index in [-0.39, 0.29) is 37.0 Å². The number of ether oxygens (including phenoxy) is 2. The van der Waals surface area contributed by atoms with E-state index in [1.54, 1.807) is 12.3 Å². The predicted molar refractivity (Wildman–Crippen MR) is 114 cm³/mol. The Kier molecular flexibility index (Phi) is 11.7. The SMILES string of the molecule is CCOc1cc(CNC(C)(C)CO)ccc1OCc1ccc(Cl)nc1.Cl.Cl. The van der Waals surface area contributed by atoms with Crippen molar-refractivity contribution in [1.29, 1.82) is 0 Å². The molecule has 0 aliphatic heterocycles. The molecular formula is C19H27Cl3N2O3. The molecule has 0 saturated heterocycles. The summed E-state index contributed by atoms with van der Waals surface area (Å²) in [6.07, 6.45) is 1.69. The van der Waals surface area contributed by atoms with Crippen molar-refractivity contribution in [3.63, 3.8) is 0 Å². The number of aliphatic hydroxyl groups is 1. The second-order valence-corrected chi connectivity index (χ2v) is 6.77. The van der Waals surface area contributed by atoms with Gasteiger partial charge in [-0.05, 0) is 44.5 Å². The number of halogens is 3. The number of nitrogens with zero attached hydrogens (tertiary/aromatic N) is 1. The maximum atomic E-state index is 9.33. The summed E-state index contributed by atoms with van der Waals surface area (Å²) in [7, 11) is 0. The van der Waals surface area contributed by atoms with E-state index >= 15 is 0 Å². The quantitative estimate of drug-likeness (QED) is 0.569. The predicted octanol–water partition coefficient (Wildman–Crippen LogP) is 4.42. The van der Waals surface area contributed by atoms with Crippen molar-refractivity contribution in [2.75, 3.05) is 13.2 Å². The van der Waals surface area contributed by atoms with Gasteiger partial charge in [0.05, 0.1) is 13.2 Å². The van der Waals surface area contributed by atoms with Crippen LogP contribution in [0.25, 0.3) is 0 Å². The van der Waals surface area contributed by atoms with Crippen LogP contribution in [0, 0.1) is 0 Å².